The average molecular weight is 439 g/mol. The summed E-state index contributed by atoms with van der Waals surface area (Å²) in [5, 5.41) is 16.8. The van der Waals surface area contributed by atoms with Crippen LogP contribution in [0.15, 0.2) is 35.1 Å². The number of nitrogens with zero attached hydrogens (tertiary/aromatic N) is 5. The molecule has 8 nitrogen and oxygen atoms in total. The molecule has 4 rings (SSSR count). The molecule has 1 aromatic carbocycles. The second-order valence-corrected chi connectivity index (χ2v) is 8.66. The van der Waals surface area contributed by atoms with E-state index in [1.807, 2.05) is 44.2 Å². The third kappa shape index (κ3) is 3.66. The third-order valence-corrected chi connectivity index (χ3v) is 6.67. The van der Waals surface area contributed by atoms with Crippen LogP contribution in [0.25, 0.3) is 21.1 Å². The van der Waals surface area contributed by atoms with E-state index in [1.165, 1.54) is 27.4 Å². The van der Waals surface area contributed by atoms with Crippen molar-refractivity contribution in [2.45, 2.75) is 20.8 Å². The van der Waals surface area contributed by atoms with Crippen LogP contribution in [0, 0.1) is 20.8 Å². The van der Waals surface area contributed by atoms with Crippen LogP contribution in [-0.4, -0.2) is 30.9 Å². The number of aryl methyl sites for hydroxylation is 3. The minimum absolute atomic E-state index is 0.240. The van der Waals surface area contributed by atoms with Crippen molar-refractivity contribution in [1.82, 2.24) is 25.0 Å². The molecule has 1 N–H and O–H groups in total. The summed E-state index contributed by atoms with van der Waals surface area (Å²) in [5.74, 6) is -0.327. The van der Waals surface area contributed by atoms with E-state index in [9.17, 15) is 9.59 Å². The highest BCUT2D eigenvalue weighted by Gasteiger charge is 2.22. The summed E-state index contributed by atoms with van der Waals surface area (Å²) in [6, 6.07) is 9.64. The number of anilines is 1. The number of hydrogen-bond donors (Lipinski definition) is 1. The smallest absolute Gasteiger partial charge is 0.277 e. The molecular weight excluding hydrogens is 420 g/mol. The van der Waals surface area contributed by atoms with Crippen LogP contribution >= 0.6 is 22.7 Å². The number of nitrogens with one attached hydrogen (secondary N) is 1. The van der Waals surface area contributed by atoms with Gasteiger partial charge in [-0.15, -0.1) is 21.5 Å². The van der Waals surface area contributed by atoms with Crippen molar-refractivity contribution in [2.24, 2.45) is 7.05 Å². The molecular formula is C20H18N6O2S2. The van der Waals surface area contributed by atoms with Crippen molar-refractivity contribution in [3.05, 3.63) is 62.5 Å². The first kappa shape index (κ1) is 20.0. The third-order valence-electron chi connectivity index (χ3n) is 4.61. The van der Waals surface area contributed by atoms with Crippen molar-refractivity contribution in [3.8, 4) is 21.1 Å². The predicted molar refractivity (Wildman–Crippen MR) is 118 cm³/mol. The molecule has 1 amide bonds. The molecule has 0 aliphatic heterocycles. The fourth-order valence-electron chi connectivity index (χ4n) is 2.94. The molecule has 4 aromatic rings. The highest BCUT2D eigenvalue weighted by molar-refractivity contribution is 7.19. The van der Waals surface area contributed by atoms with Gasteiger partial charge in [0.15, 0.2) is 0 Å². The largest absolute Gasteiger partial charge is 0.296 e. The molecule has 0 atom stereocenters. The quantitative estimate of drug-likeness (QED) is 0.522. The molecule has 3 heterocycles. The predicted octanol–water partition coefficient (Wildman–Crippen LogP) is 3.60. The minimum Gasteiger partial charge on any atom is -0.296 e. The van der Waals surface area contributed by atoms with Crippen LogP contribution in [0.3, 0.4) is 0 Å². The molecule has 0 radical (unpaired) electrons. The number of carbonyl (C=O) groups excluding carboxylic acids is 1. The van der Waals surface area contributed by atoms with Gasteiger partial charge in [-0.2, -0.15) is 5.10 Å². The van der Waals surface area contributed by atoms with E-state index in [-0.39, 0.29) is 11.5 Å². The summed E-state index contributed by atoms with van der Waals surface area (Å²) in [4.78, 5) is 30.4. The first-order valence-corrected chi connectivity index (χ1v) is 10.7. The van der Waals surface area contributed by atoms with Crippen molar-refractivity contribution in [1.29, 1.82) is 0 Å². The van der Waals surface area contributed by atoms with Gasteiger partial charge in [0.2, 0.25) is 5.13 Å². The summed E-state index contributed by atoms with van der Waals surface area (Å²) < 4.78 is 1.29. The second-order valence-electron chi connectivity index (χ2n) is 6.68. The zero-order chi connectivity index (χ0) is 21.4. The van der Waals surface area contributed by atoms with Gasteiger partial charge in [-0.25, -0.2) is 9.67 Å². The first-order chi connectivity index (χ1) is 14.3. The summed E-state index contributed by atoms with van der Waals surface area (Å²) in [6.07, 6.45) is 0. The van der Waals surface area contributed by atoms with E-state index in [0.29, 0.717) is 26.3 Å². The lowest BCUT2D eigenvalue weighted by molar-refractivity contribution is 0.102. The fraction of sp³-hybridized carbons (Fsp3) is 0.200. The Kier molecular flexibility index (Phi) is 5.27. The molecule has 152 valence electrons. The summed E-state index contributed by atoms with van der Waals surface area (Å²) in [5.41, 5.74) is 3.22. The molecule has 10 heteroatoms. The molecule has 30 heavy (non-hydrogen) atoms. The molecule has 0 aliphatic rings. The highest BCUT2D eigenvalue weighted by Crippen LogP contribution is 2.30. The van der Waals surface area contributed by atoms with Gasteiger partial charge in [-0.1, -0.05) is 41.7 Å². The Balaban J connectivity index is 1.63. The SMILES string of the molecule is Cc1nc(-c2c(C)c(C)nn(C)c2=O)sc1C(=O)Nc1nnc(-c2ccccc2)s1. The van der Waals surface area contributed by atoms with Crippen LogP contribution in [0.2, 0.25) is 0 Å². The van der Waals surface area contributed by atoms with Crippen LogP contribution in [0.4, 0.5) is 5.13 Å². The molecule has 3 aromatic heterocycles. The van der Waals surface area contributed by atoms with E-state index in [4.69, 9.17) is 0 Å². The summed E-state index contributed by atoms with van der Waals surface area (Å²) in [6.45, 7) is 5.42. The van der Waals surface area contributed by atoms with E-state index < -0.39 is 0 Å². The van der Waals surface area contributed by atoms with Crippen LogP contribution in [0.5, 0.6) is 0 Å². The van der Waals surface area contributed by atoms with E-state index >= 15 is 0 Å². The van der Waals surface area contributed by atoms with Crippen LogP contribution < -0.4 is 10.9 Å². The summed E-state index contributed by atoms with van der Waals surface area (Å²) >= 11 is 2.48. The molecule has 0 saturated heterocycles. The maximum Gasteiger partial charge on any atom is 0.277 e. The Bertz CT molecular complexity index is 1310. The normalized spacial score (nSPS) is 10.9. The Hall–Kier alpha value is -3.24. The van der Waals surface area contributed by atoms with Gasteiger partial charge in [0, 0.05) is 12.6 Å². The number of carbonyl (C=O) groups is 1. The van der Waals surface area contributed by atoms with Crippen molar-refractivity contribution >= 4 is 33.7 Å². The first-order valence-electron chi connectivity index (χ1n) is 9.07. The highest BCUT2D eigenvalue weighted by atomic mass is 32.1. The number of hydrogen-bond acceptors (Lipinski definition) is 8. The fourth-order valence-corrected chi connectivity index (χ4v) is 4.74. The lowest BCUT2D eigenvalue weighted by Crippen LogP contribution is -2.23. The lowest BCUT2D eigenvalue weighted by Gasteiger charge is -2.07. The summed E-state index contributed by atoms with van der Waals surface area (Å²) in [7, 11) is 1.60. The van der Waals surface area contributed by atoms with Crippen molar-refractivity contribution in [3.63, 3.8) is 0 Å². The van der Waals surface area contributed by atoms with Gasteiger partial charge in [-0.05, 0) is 26.3 Å². The van der Waals surface area contributed by atoms with E-state index in [2.05, 4.69) is 25.6 Å². The molecule has 0 spiro atoms. The minimum atomic E-state index is -0.327. The zero-order valence-electron chi connectivity index (χ0n) is 16.8. The van der Waals surface area contributed by atoms with E-state index in [1.54, 1.807) is 14.0 Å². The second kappa shape index (κ2) is 7.88. The Morgan fingerprint density at radius 2 is 1.73 bits per heavy atom. The Morgan fingerprint density at radius 3 is 2.47 bits per heavy atom. The van der Waals surface area contributed by atoms with Gasteiger partial charge in [0.1, 0.15) is 14.9 Å². The number of amides is 1. The van der Waals surface area contributed by atoms with E-state index in [0.717, 1.165) is 21.8 Å². The molecule has 0 fully saturated rings. The Morgan fingerprint density at radius 1 is 1.00 bits per heavy atom. The molecule has 0 bridgehead atoms. The number of rotatable bonds is 4. The maximum atomic E-state index is 12.8. The molecule has 0 aliphatic carbocycles. The number of aromatic nitrogens is 5. The Labute approximate surface area is 180 Å². The van der Waals surface area contributed by atoms with Crippen molar-refractivity contribution in [2.75, 3.05) is 5.32 Å². The van der Waals surface area contributed by atoms with Gasteiger partial charge in [0.05, 0.1) is 17.0 Å². The van der Waals surface area contributed by atoms with Gasteiger partial charge in [0.25, 0.3) is 11.5 Å². The van der Waals surface area contributed by atoms with Crippen LogP contribution in [-0.2, 0) is 7.05 Å². The van der Waals surface area contributed by atoms with Gasteiger partial charge in [-0.3, -0.25) is 14.9 Å². The number of benzene rings is 1. The molecule has 0 saturated carbocycles. The molecule has 0 unspecified atom stereocenters. The van der Waals surface area contributed by atoms with Crippen molar-refractivity contribution < 1.29 is 4.79 Å². The zero-order valence-corrected chi connectivity index (χ0v) is 18.4. The maximum absolute atomic E-state index is 12.8. The standard InChI is InChI=1S/C20H18N6O2S2/c1-10-11(2)25-26(4)19(28)14(10)18-21-12(3)15(29-18)16(27)22-20-24-23-17(30-20)13-8-6-5-7-9-13/h5-9H,1-4H3,(H,22,24,27). The average Bonchev–Trinajstić information content (AvgIpc) is 3.34. The van der Waals surface area contributed by atoms with Gasteiger partial charge >= 0.3 is 0 Å². The topological polar surface area (TPSA) is 103 Å². The lowest BCUT2D eigenvalue weighted by atomic mass is 10.1. The van der Waals surface area contributed by atoms with Gasteiger partial charge < -0.3 is 0 Å². The van der Waals surface area contributed by atoms with Crippen LogP contribution in [0.1, 0.15) is 26.6 Å². The monoisotopic (exact) mass is 438 g/mol. The number of thiazole rings is 1.